The van der Waals surface area contributed by atoms with Crippen LogP contribution in [0.4, 0.5) is 0 Å². The summed E-state index contributed by atoms with van der Waals surface area (Å²) in [5, 5.41) is 0. The molecule has 0 heterocycles. The number of ketones is 1. The van der Waals surface area contributed by atoms with Gasteiger partial charge >= 0.3 is 0 Å². The molecule has 19 heavy (non-hydrogen) atoms. The molecule has 0 aliphatic carbocycles. The molecule has 0 saturated heterocycles. The van der Waals surface area contributed by atoms with Gasteiger partial charge in [0.15, 0.2) is 5.78 Å². The van der Waals surface area contributed by atoms with Crippen LogP contribution < -0.4 is 5.73 Å². The molecule has 2 N–H and O–H groups in total. The van der Waals surface area contributed by atoms with Crippen molar-refractivity contribution >= 4 is 11.7 Å². The van der Waals surface area contributed by atoms with E-state index >= 15 is 0 Å². The number of primary amides is 1. The van der Waals surface area contributed by atoms with Gasteiger partial charge < -0.3 is 5.73 Å². The van der Waals surface area contributed by atoms with Crippen LogP contribution in [0.15, 0.2) is 48.5 Å². The molecular formula is C16H15NO2. The molecular weight excluding hydrogens is 238 g/mol. The summed E-state index contributed by atoms with van der Waals surface area (Å²) in [6.45, 7) is 1.99. The Morgan fingerprint density at radius 2 is 1.42 bits per heavy atom. The Kier molecular flexibility index (Phi) is 3.76. The first-order chi connectivity index (χ1) is 9.15. The highest BCUT2D eigenvalue weighted by Crippen LogP contribution is 2.18. The Morgan fingerprint density at radius 1 is 0.895 bits per heavy atom. The van der Waals surface area contributed by atoms with Crippen LogP contribution in [0.25, 0.3) is 0 Å². The van der Waals surface area contributed by atoms with Crippen LogP contribution in [0.1, 0.15) is 38.8 Å². The number of amides is 1. The summed E-state index contributed by atoms with van der Waals surface area (Å²) in [5.41, 5.74) is 7.52. The van der Waals surface area contributed by atoms with Crippen molar-refractivity contribution in [1.29, 1.82) is 0 Å². The number of hydrogen-bond donors (Lipinski definition) is 1. The minimum atomic E-state index is -0.585. The van der Waals surface area contributed by atoms with E-state index in [-0.39, 0.29) is 11.3 Å². The van der Waals surface area contributed by atoms with E-state index in [1.807, 2.05) is 25.1 Å². The van der Waals surface area contributed by atoms with E-state index in [1.165, 1.54) is 0 Å². The summed E-state index contributed by atoms with van der Waals surface area (Å²) in [4.78, 5) is 23.9. The average molecular weight is 253 g/mol. The summed E-state index contributed by atoms with van der Waals surface area (Å²) in [7, 11) is 0. The Hall–Kier alpha value is -2.42. The maximum Gasteiger partial charge on any atom is 0.249 e. The van der Waals surface area contributed by atoms with Gasteiger partial charge in [0.2, 0.25) is 5.91 Å². The lowest BCUT2D eigenvalue weighted by Gasteiger charge is -2.09. The molecule has 0 radical (unpaired) electrons. The molecule has 0 saturated carbocycles. The van der Waals surface area contributed by atoms with Crippen molar-refractivity contribution in [1.82, 2.24) is 0 Å². The first-order valence-corrected chi connectivity index (χ1v) is 6.16. The molecule has 0 aliphatic rings. The fourth-order valence-electron chi connectivity index (χ4n) is 2.09. The molecule has 2 rings (SSSR count). The number of aryl methyl sites for hydroxylation is 1. The van der Waals surface area contributed by atoms with Gasteiger partial charge in [0, 0.05) is 11.1 Å². The third-order valence-corrected chi connectivity index (χ3v) is 3.08. The third-order valence-electron chi connectivity index (χ3n) is 3.08. The number of hydrogen-bond acceptors (Lipinski definition) is 2. The zero-order chi connectivity index (χ0) is 13.8. The Morgan fingerprint density at radius 3 is 2.00 bits per heavy atom. The van der Waals surface area contributed by atoms with Crippen LogP contribution in [0, 0.1) is 0 Å². The number of benzene rings is 2. The van der Waals surface area contributed by atoms with E-state index in [0.29, 0.717) is 11.1 Å². The quantitative estimate of drug-likeness (QED) is 0.851. The molecule has 0 bridgehead atoms. The van der Waals surface area contributed by atoms with Crippen molar-refractivity contribution in [3.63, 3.8) is 0 Å². The van der Waals surface area contributed by atoms with Crippen molar-refractivity contribution in [2.45, 2.75) is 13.3 Å². The molecule has 0 unspecified atom stereocenters. The number of carbonyl (C=O) groups is 2. The summed E-state index contributed by atoms with van der Waals surface area (Å²) in [5.74, 6) is -0.746. The Labute approximate surface area is 112 Å². The lowest BCUT2D eigenvalue weighted by molar-refractivity contribution is 0.0981. The minimum Gasteiger partial charge on any atom is -0.366 e. The minimum absolute atomic E-state index is 0.160. The van der Waals surface area contributed by atoms with Crippen LogP contribution >= 0.6 is 0 Å². The van der Waals surface area contributed by atoms with Crippen molar-refractivity contribution in [3.8, 4) is 0 Å². The molecule has 0 aromatic heterocycles. The van der Waals surface area contributed by atoms with Crippen molar-refractivity contribution in [3.05, 3.63) is 70.8 Å². The SMILES string of the molecule is CCc1ccccc1C(=O)c1ccccc1C(N)=O. The summed E-state index contributed by atoms with van der Waals surface area (Å²) < 4.78 is 0. The zero-order valence-corrected chi connectivity index (χ0v) is 10.7. The molecule has 96 valence electrons. The molecule has 2 aromatic carbocycles. The van der Waals surface area contributed by atoms with Crippen molar-refractivity contribution in [2.24, 2.45) is 5.73 Å². The van der Waals surface area contributed by atoms with Crippen LogP contribution in [-0.4, -0.2) is 11.7 Å². The molecule has 1 amide bonds. The molecule has 2 aromatic rings. The molecule has 0 aliphatic heterocycles. The molecule has 0 spiro atoms. The van der Waals surface area contributed by atoms with E-state index in [2.05, 4.69) is 0 Å². The van der Waals surface area contributed by atoms with Crippen LogP contribution in [-0.2, 0) is 6.42 Å². The predicted octanol–water partition coefficient (Wildman–Crippen LogP) is 2.58. The second kappa shape index (κ2) is 5.48. The van der Waals surface area contributed by atoms with Crippen LogP contribution in [0.2, 0.25) is 0 Å². The van der Waals surface area contributed by atoms with Gasteiger partial charge in [-0.25, -0.2) is 0 Å². The lowest BCUT2D eigenvalue weighted by atomic mass is 9.94. The summed E-state index contributed by atoms with van der Waals surface area (Å²) in [6, 6.07) is 14.0. The number of rotatable bonds is 4. The van der Waals surface area contributed by atoms with Gasteiger partial charge in [-0.05, 0) is 18.1 Å². The highest BCUT2D eigenvalue weighted by molar-refractivity contribution is 6.15. The fraction of sp³-hybridized carbons (Fsp3) is 0.125. The van der Waals surface area contributed by atoms with Gasteiger partial charge in [0.25, 0.3) is 0 Å². The summed E-state index contributed by atoms with van der Waals surface area (Å²) >= 11 is 0. The average Bonchev–Trinajstić information content (AvgIpc) is 2.46. The Bertz CT molecular complexity index is 632. The van der Waals surface area contributed by atoms with Crippen molar-refractivity contribution in [2.75, 3.05) is 0 Å². The van der Waals surface area contributed by atoms with Gasteiger partial charge in [-0.1, -0.05) is 49.4 Å². The normalized spacial score (nSPS) is 10.2. The Balaban J connectivity index is 2.53. The monoisotopic (exact) mass is 253 g/mol. The number of nitrogens with two attached hydrogens (primary N) is 1. The van der Waals surface area contributed by atoms with Gasteiger partial charge in [-0.3, -0.25) is 9.59 Å². The molecule has 0 atom stereocenters. The highest BCUT2D eigenvalue weighted by atomic mass is 16.1. The van der Waals surface area contributed by atoms with Crippen LogP contribution in [0.5, 0.6) is 0 Å². The number of carbonyl (C=O) groups excluding carboxylic acids is 2. The van der Waals surface area contributed by atoms with E-state index < -0.39 is 5.91 Å². The molecule has 3 heteroatoms. The first-order valence-electron chi connectivity index (χ1n) is 6.16. The van der Waals surface area contributed by atoms with Gasteiger partial charge in [-0.2, -0.15) is 0 Å². The van der Waals surface area contributed by atoms with Crippen molar-refractivity contribution < 1.29 is 9.59 Å². The maximum absolute atomic E-state index is 12.5. The van der Waals surface area contributed by atoms with Gasteiger partial charge in [0.05, 0.1) is 5.56 Å². The van der Waals surface area contributed by atoms with E-state index in [4.69, 9.17) is 5.73 Å². The third kappa shape index (κ3) is 2.55. The fourth-order valence-corrected chi connectivity index (χ4v) is 2.09. The smallest absolute Gasteiger partial charge is 0.249 e. The predicted molar refractivity (Wildman–Crippen MR) is 74.2 cm³/mol. The zero-order valence-electron chi connectivity index (χ0n) is 10.7. The van der Waals surface area contributed by atoms with Crippen LogP contribution in [0.3, 0.4) is 0 Å². The summed E-state index contributed by atoms with van der Waals surface area (Å²) in [6.07, 6.45) is 0.765. The van der Waals surface area contributed by atoms with E-state index in [0.717, 1.165) is 12.0 Å². The topological polar surface area (TPSA) is 60.2 Å². The molecule has 3 nitrogen and oxygen atoms in total. The van der Waals surface area contributed by atoms with Gasteiger partial charge in [0.1, 0.15) is 0 Å². The second-order valence-corrected chi connectivity index (χ2v) is 4.25. The van der Waals surface area contributed by atoms with E-state index in [9.17, 15) is 9.59 Å². The lowest BCUT2D eigenvalue weighted by Crippen LogP contribution is -2.17. The van der Waals surface area contributed by atoms with Gasteiger partial charge in [-0.15, -0.1) is 0 Å². The maximum atomic E-state index is 12.5. The second-order valence-electron chi connectivity index (χ2n) is 4.25. The largest absolute Gasteiger partial charge is 0.366 e. The molecule has 0 fully saturated rings. The highest BCUT2D eigenvalue weighted by Gasteiger charge is 2.17. The first kappa shape index (κ1) is 13.0. The standard InChI is InChI=1S/C16H15NO2/c1-2-11-7-3-4-8-12(11)15(18)13-9-5-6-10-14(13)16(17)19/h3-10H,2H2,1H3,(H2,17,19). The van der Waals surface area contributed by atoms with E-state index in [1.54, 1.807) is 30.3 Å².